The highest BCUT2D eigenvalue weighted by atomic mass is 32.2. The molecule has 0 radical (unpaired) electrons. The van der Waals surface area contributed by atoms with Crippen molar-refractivity contribution in [2.45, 2.75) is 43.5 Å². The number of carbonyl (C=O) groups is 1. The van der Waals surface area contributed by atoms with Crippen molar-refractivity contribution in [1.29, 1.82) is 0 Å². The third kappa shape index (κ3) is 3.89. The van der Waals surface area contributed by atoms with Gasteiger partial charge in [-0.15, -0.1) is 0 Å². The second-order valence-electron chi connectivity index (χ2n) is 8.87. The van der Waals surface area contributed by atoms with Crippen LogP contribution in [0.15, 0.2) is 56.6 Å². The topological polar surface area (TPSA) is 92.8 Å². The molecule has 9 heteroatoms. The van der Waals surface area contributed by atoms with Gasteiger partial charge in [-0.3, -0.25) is 9.36 Å². The smallest absolute Gasteiger partial charge is 0.408 e. The summed E-state index contributed by atoms with van der Waals surface area (Å²) in [7, 11) is -3.73. The van der Waals surface area contributed by atoms with Crippen LogP contribution in [0.25, 0.3) is 11.1 Å². The number of likely N-dealkylation sites (tertiary alicyclic amines) is 1. The average molecular weight is 470 g/mol. The molecule has 1 fully saturated rings. The van der Waals surface area contributed by atoms with Gasteiger partial charge in [0.2, 0.25) is 0 Å². The number of nitrogens with zero attached hydrogens (tertiary/aromatic N) is 3. The molecule has 5 rings (SSSR count). The average Bonchev–Trinajstić information content (AvgIpc) is 3.22. The lowest BCUT2D eigenvalue weighted by atomic mass is 10.0. The summed E-state index contributed by atoms with van der Waals surface area (Å²) in [6.07, 6.45) is 3.13. The Hall–Kier alpha value is -2.91. The van der Waals surface area contributed by atoms with Crippen molar-refractivity contribution < 1.29 is 17.6 Å². The molecule has 3 aromatic rings. The lowest BCUT2D eigenvalue weighted by Gasteiger charge is -2.32. The molecule has 1 aromatic heterocycles. The molecule has 2 aromatic carbocycles. The Morgan fingerprint density at radius 1 is 1.00 bits per heavy atom. The van der Waals surface area contributed by atoms with Gasteiger partial charge in [-0.05, 0) is 69.0 Å². The van der Waals surface area contributed by atoms with Crippen LogP contribution in [0.3, 0.4) is 0 Å². The Morgan fingerprint density at radius 3 is 2.48 bits per heavy atom. The summed E-state index contributed by atoms with van der Waals surface area (Å²) >= 11 is 0. The summed E-state index contributed by atoms with van der Waals surface area (Å²) in [6.45, 7) is 4.73. The number of piperidine rings is 1. The second kappa shape index (κ2) is 8.46. The number of rotatable bonds is 6. The van der Waals surface area contributed by atoms with Crippen molar-refractivity contribution in [3.05, 3.63) is 64.1 Å². The first-order valence-electron chi connectivity index (χ1n) is 11.4. The van der Waals surface area contributed by atoms with Crippen LogP contribution in [0.1, 0.15) is 47.6 Å². The summed E-state index contributed by atoms with van der Waals surface area (Å²) in [5, 5.41) is 0. The van der Waals surface area contributed by atoms with Crippen LogP contribution in [0, 0.1) is 6.92 Å². The van der Waals surface area contributed by atoms with E-state index in [9.17, 15) is 18.0 Å². The second-order valence-corrected chi connectivity index (χ2v) is 10.7. The van der Waals surface area contributed by atoms with Gasteiger partial charge in [0.15, 0.2) is 5.58 Å². The quantitative estimate of drug-likeness (QED) is 0.515. The highest BCUT2D eigenvalue weighted by Crippen LogP contribution is 2.30. The monoisotopic (exact) mass is 469 g/mol. The summed E-state index contributed by atoms with van der Waals surface area (Å²) in [5.74, 6) is -0.731. The molecule has 174 valence electrons. The Kier molecular flexibility index (Phi) is 5.62. The first kappa shape index (κ1) is 21.9. The highest BCUT2D eigenvalue weighted by Gasteiger charge is 2.40. The molecule has 0 aliphatic carbocycles. The van der Waals surface area contributed by atoms with Crippen molar-refractivity contribution in [2.75, 3.05) is 26.2 Å². The molecule has 8 nitrogen and oxygen atoms in total. The number of benzene rings is 2. The number of aromatic nitrogens is 1. The van der Waals surface area contributed by atoms with Crippen LogP contribution in [-0.4, -0.2) is 54.3 Å². The van der Waals surface area contributed by atoms with Crippen LogP contribution in [-0.2, 0) is 10.0 Å². The molecular formula is C24H27N3O5S. The van der Waals surface area contributed by atoms with E-state index in [1.807, 2.05) is 25.1 Å². The van der Waals surface area contributed by atoms with Gasteiger partial charge >= 0.3 is 5.76 Å². The molecule has 2 aliphatic heterocycles. The zero-order valence-corrected chi connectivity index (χ0v) is 19.4. The van der Waals surface area contributed by atoms with Crippen molar-refractivity contribution in [3.8, 4) is 0 Å². The molecular weight excluding hydrogens is 442 g/mol. The largest absolute Gasteiger partial charge is 0.420 e. The molecule has 1 amide bonds. The molecule has 0 saturated carbocycles. The van der Waals surface area contributed by atoms with Crippen LogP contribution in [0.5, 0.6) is 0 Å². The normalized spacial score (nSPS) is 18.8. The minimum Gasteiger partial charge on any atom is -0.408 e. The van der Waals surface area contributed by atoms with E-state index < -0.39 is 15.9 Å². The van der Waals surface area contributed by atoms with E-state index in [1.54, 1.807) is 22.8 Å². The molecule has 33 heavy (non-hydrogen) atoms. The molecule has 0 bridgehead atoms. The van der Waals surface area contributed by atoms with E-state index in [4.69, 9.17) is 4.42 Å². The lowest BCUT2D eigenvalue weighted by molar-refractivity contribution is 0.0868. The molecule has 0 N–H and O–H groups in total. The fourth-order valence-electron chi connectivity index (χ4n) is 4.93. The molecule has 3 heterocycles. The summed E-state index contributed by atoms with van der Waals surface area (Å²) in [6, 6.07) is 12.3. The zero-order chi connectivity index (χ0) is 23.2. The third-order valence-corrected chi connectivity index (χ3v) is 8.53. The van der Waals surface area contributed by atoms with Crippen molar-refractivity contribution in [2.24, 2.45) is 0 Å². The maximum Gasteiger partial charge on any atom is 0.420 e. The molecule has 1 saturated heterocycles. The number of aryl methyl sites for hydroxylation is 1. The summed E-state index contributed by atoms with van der Waals surface area (Å²) in [4.78, 5) is 27.4. The molecule has 0 unspecified atom stereocenters. The minimum absolute atomic E-state index is 0.106. The zero-order valence-electron chi connectivity index (χ0n) is 18.6. The maximum atomic E-state index is 12.6. The van der Waals surface area contributed by atoms with Gasteiger partial charge in [0, 0.05) is 25.7 Å². The number of oxazole rings is 1. The van der Waals surface area contributed by atoms with E-state index in [0.717, 1.165) is 54.3 Å². The molecule has 0 spiro atoms. The van der Waals surface area contributed by atoms with Gasteiger partial charge in [0.25, 0.3) is 15.9 Å². The van der Waals surface area contributed by atoms with E-state index >= 15 is 0 Å². The van der Waals surface area contributed by atoms with Gasteiger partial charge in [0.1, 0.15) is 4.90 Å². The number of carbonyl (C=O) groups excluding carboxylic acids is 1. The van der Waals surface area contributed by atoms with Crippen LogP contribution in [0.2, 0.25) is 0 Å². The Labute approximate surface area is 192 Å². The molecule has 0 atom stereocenters. The van der Waals surface area contributed by atoms with Crippen molar-refractivity contribution in [3.63, 3.8) is 0 Å². The fraction of sp³-hybridized carbons (Fsp3) is 0.417. The number of amides is 1. The number of sulfonamides is 1. The van der Waals surface area contributed by atoms with Crippen molar-refractivity contribution in [1.82, 2.24) is 13.8 Å². The van der Waals surface area contributed by atoms with Gasteiger partial charge in [-0.2, -0.15) is 0 Å². The van der Waals surface area contributed by atoms with E-state index in [2.05, 4.69) is 4.90 Å². The fourth-order valence-corrected chi connectivity index (χ4v) is 6.54. The Morgan fingerprint density at radius 2 is 1.73 bits per heavy atom. The van der Waals surface area contributed by atoms with Crippen LogP contribution >= 0.6 is 0 Å². The number of hydrogen-bond acceptors (Lipinski definition) is 6. The highest BCUT2D eigenvalue weighted by molar-refractivity contribution is 7.90. The van der Waals surface area contributed by atoms with Gasteiger partial charge in [0.05, 0.1) is 11.1 Å². The predicted octanol–water partition coefficient (Wildman–Crippen LogP) is 3.16. The van der Waals surface area contributed by atoms with Crippen LogP contribution < -0.4 is 5.76 Å². The first-order chi connectivity index (χ1) is 15.9. The third-order valence-electron chi connectivity index (χ3n) is 6.69. The molecule has 2 aliphatic rings. The van der Waals surface area contributed by atoms with Crippen molar-refractivity contribution >= 4 is 27.0 Å². The van der Waals surface area contributed by atoms with Gasteiger partial charge in [-0.1, -0.05) is 18.2 Å². The first-order valence-corrected chi connectivity index (χ1v) is 12.8. The standard InChI is InChI=1S/C24H27N3O5S/c1-17-8-9-20-21(16-17)32-24(29)27(20)18-10-14-25(15-11-18)12-4-5-13-26-23(28)19-6-2-3-7-22(19)33(26,30)31/h2-3,6-9,16,18H,4-5,10-15H2,1H3. The Bertz CT molecular complexity index is 1370. The summed E-state index contributed by atoms with van der Waals surface area (Å²) < 4.78 is 33.5. The predicted molar refractivity (Wildman–Crippen MR) is 124 cm³/mol. The number of hydrogen-bond donors (Lipinski definition) is 0. The van der Waals surface area contributed by atoms with Crippen LogP contribution in [0.4, 0.5) is 0 Å². The van der Waals surface area contributed by atoms with Gasteiger partial charge < -0.3 is 9.32 Å². The number of unbranched alkanes of at least 4 members (excludes halogenated alkanes) is 1. The number of fused-ring (bicyclic) bond motifs is 2. The lowest BCUT2D eigenvalue weighted by Crippen LogP contribution is -2.37. The SMILES string of the molecule is Cc1ccc2c(c1)oc(=O)n2C1CCN(CCCCN2C(=O)c3ccccc3S2(=O)=O)CC1. The van der Waals surface area contributed by atoms with E-state index in [1.165, 1.54) is 6.07 Å². The summed E-state index contributed by atoms with van der Waals surface area (Å²) in [5.41, 5.74) is 2.81. The van der Waals surface area contributed by atoms with E-state index in [-0.39, 0.29) is 28.8 Å². The van der Waals surface area contributed by atoms with Gasteiger partial charge in [-0.25, -0.2) is 17.5 Å². The van der Waals surface area contributed by atoms with E-state index in [0.29, 0.717) is 12.0 Å². The Balaban J connectivity index is 1.13. The maximum absolute atomic E-state index is 12.6. The minimum atomic E-state index is -3.73.